The maximum Gasteiger partial charge on any atom is 0.305 e. The largest absolute Gasteiger partial charge is 0.305 e. The zero-order valence-corrected chi connectivity index (χ0v) is 9.58. The van der Waals surface area contributed by atoms with E-state index in [9.17, 15) is 0 Å². The van der Waals surface area contributed by atoms with Crippen LogP contribution >= 0.6 is 0 Å². The second-order valence-corrected chi connectivity index (χ2v) is 7.46. The molecule has 1 aliphatic rings. The van der Waals surface area contributed by atoms with E-state index >= 15 is 0 Å². The van der Waals surface area contributed by atoms with Crippen LogP contribution in [-0.4, -0.2) is 14.1 Å². The molecule has 1 aliphatic heterocycles. The van der Waals surface area contributed by atoms with Gasteiger partial charge in [0.2, 0.25) is 0 Å². The molecule has 0 radical (unpaired) electrons. The Morgan fingerprint density at radius 2 is 1.85 bits per heavy atom. The van der Waals surface area contributed by atoms with Gasteiger partial charge in [0.1, 0.15) is 0 Å². The van der Waals surface area contributed by atoms with Gasteiger partial charge in [-0.25, -0.2) is 0 Å². The topological polar surface area (TPSA) is 0 Å². The van der Waals surface area contributed by atoms with Crippen LogP contribution in [0, 0.1) is 6.92 Å². The van der Waals surface area contributed by atoms with Crippen LogP contribution in [0.4, 0.5) is 0 Å². The summed E-state index contributed by atoms with van der Waals surface area (Å²) >= 11 is -0.513. The summed E-state index contributed by atoms with van der Waals surface area (Å²) < 4.78 is 1.71. The van der Waals surface area contributed by atoms with Crippen molar-refractivity contribution >= 4 is 18.6 Å². The van der Waals surface area contributed by atoms with Crippen molar-refractivity contribution in [3.63, 3.8) is 0 Å². The molecule has 1 aromatic carbocycles. The lowest BCUT2D eigenvalue weighted by molar-refractivity contribution is 0.728. The fourth-order valence-electron chi connectivity index (χ4n) is 2.36. The summed E-state index contributed by atoms with van der Waals surface area (Å²) in [7, 11) is 0. The van der Waals surface area contributed by atoms with Crippen LogP contribution in [0.3, 0.4) is 0 Å². The number of aryl methyl sites for hydroxylation is 1. The minimum atomic E-state index is -0.513. The lowest BCUT2D eigenvalue weighted by Gasteiger charge is -2.17. The van der Waals surface area contributed by atoms with Gasteiger partial charge in [0.05, 0.1) is 0 Å². The standard InChI is InChI=1S/C7H7.C5H10.Al/c1-7-5-3-2-4-6-7;1-3-5-4-2;/h2-3,5-6H,1H3;1-5H2;. The minimum Gasteiger partial charge on any atom is -0.110 e. The van der Waals surface area contributed by atoms with Gasteiger partial charge in [-0.15, -0.1) is 4.43 Å². The molecule has 0 aliphatic carbocycles. The van der Waals surface area contributed by atoms with Crippen molar-refractivity contribution in [1.82, 2.24) is 0 Å². The van der Waals surface area contributed by atoms with E-state index in [0.29, 0.717) is 0 Å². The van der Waals surface area contributed by atoms with Crippen LogP contribution < -0.4 is 4.43 Å². The zero-order chi connectivity index (χ0) is 9.10. The fraction of sp³-hybridized carbons (Fsp3) is 0.500. The van der Waals surface area contributed by atoms with Crippen molar-refractivity contribution in [2.75, 3.05) is 0 Å². The van der Waals surface area contributed by atoms with Gasteiger partial charge in [0.25, 0.3) is 0 Å². The molecule has 1 saturated heterocycles. The van der Waals surface area contributed by atoms with E-state index in [2.05, 4.69) is 31.2 Å². The average Bonchev–Trinajstić information content (AvgIpc) is 2.19. The first-order chi connectivity index (χ1) is 6.36. The Labute approximate surface area is 85.4 Å². The third-order valence-corrected chi connectivity index (χ3v) is 6.63. The highest BCUT2D eigenvalue weighted by Crippen LogP contribution is 2.18. The summed E-state index contributed by atoms with van der Waals surface area (Å²) in [6.45, 7) is 2.21. The third kappa shape index (κ3) is 2.36. The molecule has 1 heteroatoms. The molecule has 1 aromatic rings. The van der Waals surface area contributed by atoms with Crippen LogP contribution in [0.5, 0.6) is 0 Å². The van der Waals surface area contributed by atoms with Crippen molar-refractivity contribution in [2.45, 2.75) is 36.8 Å². The van der Waals surface area contributed by atoms with Crippen LogP contribution in [0.25, 0.3) is 0 Å². The first-order valence-corrected chi connectivity index (χ1v) is 7.64. The zero-order valence-electron chi connectivity index (χ0n) is 8.42. The summed E-state index contributed by atoms with van der Waals surface area (Å²) in [6.07, 6.45) is 4.46. The molecular weight excluding hydrogens is 171 g/mol. The molecule has 0 N–H and O–H groups in total. The van der Waals surface area contributed by atoms with Crippen molar-refractivity contribution in [1.29, 1.82) is 0 Å². The smallest absolute Gasteiger partial charge is 0.110 e. The number of hydrogen-bond donors (Lipinski definition) is 0. The predicted molar refractivity (Wildman–Crippen MR) is 60.0 cm³/mol. The third-order valence-electron chi connectivity index (χ3n) is 3.12. The molecule has 1 heterocycles. The molecule has 0 spiro atoms. The van der Waals surface area contributed by atoms with Gasteiger partial charge in [0.15, 0.2) is 0 Å². The van der Waals surface area contributed by atoms with Crippen LogP contribution in [0.15, 0.2) is 24.3 Å². The molecule has 1 fully saturated rings. The molecule has 0 bridgehead atoms. The summed E-state index contributed by atoms with van der Waals surface area (Å²) in [5, 5.41) is 3.09. The van der Waals surface area contributed by atoms with Crippen LogP contribution in [0.2, 0.25) is 10.6 Å². The van der Waals surface area contributed by atoms with E-state index in [4.69, 9.17) is 0 Å². The quantitative estimate of drug-likeness (QED) is 0.594. The normalized spacial score (nSPS) is 17.5. The van der Waals surface area contributed by atoms with Crippen molar-refractivity contribution in [3.8, 4) is 0 Å². The van der Waals surface area contributed by atoms with Crippen molar-refractivity contribution in [3.05, 3.63) is 29.8 Å². The van der Waals surface area contributed by atoms with E-state index < -0.39 is 14.1 Å². The Morgan fingerprint density at radius 3 is 2.54 bits per heavy atom. The molecule has 0 atom stereocenters. The summed E-state index contributed by atoms with van der Waals surface area (Å²) in [5.41, 5.74) is 1.44. The van der Waals surface area contributed by atoms with Gasteiger partial charge in [-0.2, -0.15) is 0 Å². The van der Waals surface area contributed by atoms with Crippen LogP contribution in [-0.2, 0) is 0 Å². The first kappa shape index (κ1) is 9.31. The van der Waals surface area contributed by atoms with Crippen molar-refractivity contribution < 1.29 is 0 Å². The molecule has 13 heavy (non-hydrogen) atoms. The van der Waals surface area contributed by atoms with Gasteiger partial charge < -0.3 is 0 Å². The Morgan fingerprint density at radius 1 is 1.08 bits per heavy atom. The molecule has 0 saturated carbocycles. The molecule has 2 rings (SSSR count). The second kappa shape index (κ2) is 4.31. The second-order valence-electron chi connectivity index (χ2n) is 4.25. The first-order valence-electron chi connectivity index (χ1n) is 5.43. The maximum absolute atomic E-state index is 2.42. The SMILES string of the molecule is Cc1ccc[c]([Al]2[CH2]CCC[CH2]2)c1. The van der Waals surface area contributed by atoms with E-state index in [1.165, 1.54) is 24.8 Å². The van der Waals surface area contributed by atoms with E-state index in [1.54, 1.807) is 15.0 Å². The van der Waals surface area contributed by atoms with Crippen LogP contribution in [0.1, 0.15) is 24.8 Å². The Balaban J connectivity index is 2.14. The van der Waals surface area contributed by atoms with E-state index in [0.717, 1.165) is 0 Å². The predicted octanol–water partition coefficient (Wildman–Crippen LogP) is 2.88. The lowest BCUT2D eigenvalue weighted by atomic mass is 10.2. The molecule has 0 aromatic heterocycles. The molecular formula is C12H17Al. The Bertz CT molecular complexity index is 274. The molecule has 0 nitrogen and oxygen atoms in total. The molecule has 68 valence electrons. The summed E-state index contributed by atoms with van der Waals surface area (Å²) in [4.78, 5) is 0. The molecule has 0 amide bonds. The monoisotopic (exact) mass is 188 g/mol. The summed E-state index contributed by atoms with van der Waals surface area (Å²) in [6, 6.07) is 9.21. The fourth-order valence-corrected chi connectivity index (χ4v) is 5.76. The average molecular weight is 188 g/mol. The number of hydrogen-bond acceptors (Lipinski definition) is 0. The van der Waals surface area contributed by atoms with E-state index in [-0.39, 0.29) is 0 Å². The maximum atomic E-state index is 2.42. The Kier molecular flexibility index (Phi) is 3.09. The highest BCUT2D eigenvalue weighted by atomic mass is 27.2. The highest BCUT2D eigenvalue weighted by molar-refractivity contribution is 6.73. The minimum absolute atomic E-state index is 0.513. The van der Waals surface area contributed by atoms with Gasteiger partial charge in [-0.05, 0) is 6.92 Å². The Hall–Kier alpha value is -0.248. The highest BCUT2D eigenvalue weighted by Gasteiger charge is 2.21. The van der Waals surface area contributed by atoms with Gasteiger partial charge >= 0.3 is 14.1 Å². The molecule has 0 unspecified atom stereocenters. The number of rotatable bonds is 1. The van der Waals surface area contributed by atoms with Gasteiger partial charge in [0, 0.05) is 0 Å². The lowest BCUT2D eigenvalue weighted by Crippen LogP contribution is -2.31. The van der Waals surface area contributed by atoms with Gasteiger partial charge in [-0.3, -0.25) is 0 Å². The summed E-state index contributed by atoms with van der Waals surface area (Å²) in [5.74, 6) is 0. The van der Waals surface area contributed by atoms with E-state index in [1.807, 2.05) is 0 Å². The van der Waals surface area contributed by atoms with Crippen molar-refractivity contribution in [2.24, 2.45) is 0 Å². The van der Waals surface area contributed by atoms with Gasteiger partial charge in [-0.1, -0.05) is 59.7 Å². The number of benzene rings is 1.